The van der Waals surface area contributed by atoms with E-state index >= 15 is 0 Å². The first-order valence-corrected chi connectivity index (χ1v) is 7.21. The molecule has 0 fully saturated rings. The predicted octanol–water partition coefficient (Wildman–Crippen LogP) is 3.92. The Labute approximate surface area is 128 Å². The van der Waals surface area contributed by atoms with Crippen LogP contribution in [0.2, 0.25) is 5.02 Å². The second-order valence-electron chi connectivity index (χ2n) is 4.02. The van der Waals surface area contributed by atoms with Gasteiger partial charge in [-0.15, -0.1) is 0 Å². The van der Waals surface area contributed by atoms with Crippen molar-refractivity contribution >= 4 is 40.0 Å². The zero-order valence-electron chi connectivity index (χ0n) is 10.2. The van der Waals surface area contributed by atoms with Crippen LogP contribution in [0.4, 0.5) is 4.39 Å². The maximum Gasteiger partial charge on any atom is 0.213 e. The molecule has 100 valence electrons. The fraction of sp³-hybridized carbons (Fsp3) is 0.231. The van der Waals surface area contributed by atoms with Gasteiger partial charge in [0.25, 0.3) is 0 Å². The Morgan fingerprint density at radius 1 is 1.53 bits per heavy atom. The van der Waals surface area contributed by atoms with E-state index in [9.17, 15) is 9.18 Å². The third kappa shape index (κ3) is 2.97. The van der Waals surface area contributed by atoms with Gasteiger partial charge in [-0.3, -0.25) is 9.48 Å². The fourth-order valence-electron chi connectivity index (χ4n) is 1.77. The van der Waals surface area contributed by atoms with Crippen LogP contribution in [0.15, 0.2) is 24.4 Å². The minimum Gasteiger partial charge on any atom is -0.287 e. The van der Waals surface area contributed by atoms with Gasteiger partial charge >= 0.3 is 0 Å². The Kier molecular flexibility index (Phi) is 4.57. The Morgan fingerprint density at radius 3 is 2.89 bits per heavy atom. The lowest BCUT2D eigenvalue weighted by atomic mass is 10.1. The van der Waals surface area contributed by atoms with E-state index in [1.54, 1.807) is 4.68 Å². The molecule has 0 spiro atoms. The smallest absolute Gasteiger partial charge is 0.213 e. The molecule has 0 amide bonds. The van der Waals surface area contributed by atoms with Gasteiger partial charge in [-0.05, 0) is 47.2 Å². The summed E-state index contributed by atoms with van der Waals surface area (Å²) in [5.41, 5.74) is 0.787. The van der Waals surface area contributed by atoms with E-state index in [0.717, 1.165) is 6.42 Å². The molecule has 0 aliphatic rings. The molecule has 0 N–H and O–H groups in total. The molecular weight excluding hydrogens is 382 g/mol. The first-order chi connectivity index (χ1) is 9.04. The van der Waals surface area contributed by atoms with Crippen LogP contribution in [0.5, 0.6) is 0 Å². The van der Waals surface area contributed by atoms with Gasteiger partial charge in [0.15, 0.2) is 0 Å². The molecule has 6 heteroatoms. The molecule has 0 saturated heterocycles. The van der Waals surface area contributed by atoms with Crippen molar-refractivity contribution in [3.63, 3.8) is 0 Å². The summed E-state index contributed by atoms with van der Waals surface area (Å²) in [5, 5.41) is 4.40. The van der Waals surface area contributed by atoms with Crippen molar-refractivity contribution < 1.29 is 9.18 Å². The van der Waals surface area contributed by atoms with Crippen LogP contribution in [-0.2, 0) is 6.54 Å². The molecule has 1 aromatic carbocycles. The number of ketones is 1. The van der Waals surface area contributed by atoms with E-state index < -0.39 is 0 Å². The maximum absolute atomic E-state index is 13.1. The van der Waals surface area contributed by atoms with E-state index in [0.29, 0.717) is 26.4 Å². The van der Waals surface area contributed by atoms with E-state index in [1.807, 2.05) is 29.5 Å². The Morgan fingerprint density at radius 2 is 2.26 bits per heavy atom. The number of rotatable bonds is 4. The molecule has 1 heterocycles. The summed E-state index contributed by atoms with van der Waals surface area (Å²) in [4.78, 5) is 12.5. The van der Waals surface area contributed by atoms with Gasteiger partial charge in [0, 0.05) is 15.7 Å². The monoisotopic (exact) mass is 392 g/mol. The number of carbonyl (C=O) groups is 1. The van der Waals surface area contributed by atoms with Crippen molar-refractivity contribution in [2.75, 3.05) is 0 Å². The lowest BCUT2D eigenvalue weighted by molar-refractivity contribution is 0.102. The predicted molar refractivity (Wildman–Crippen MR) is 80.1 cm³/mol. The number of halogens is 3. The molecule has 0 saturated carbocycles. The van der Waals surface area contributed by atoms with Crippen LogP contribution in [0, 0.1) is 9.39 Å². The average Bonchev–Trinajstić information content (AvgIpc) is 2.70. The highest BCUT2D eigenvalue weighted by molar-refractivity contribution is 14.1. The molecule has 0 aliphatic carbocycles. The highest BCUT2D eigenvalue weighted by Crippen LogP contribution is 2.23. The number of carbonyl (C=O) groups excluding carboxylic acids is 1. The van der Waals surface area contributed by atoms with Crippen LogP contribution in [0.1, 0.15) is 29.4 Å². The highest BCUT2D eigenvalue weighted by Gasteiger charge is 2.21. The largest absolute Gasteiger partial charge is 0.287 e. The second-order valence-corrected chi connectivity index (χ2v) is 5.59. The zero-order chi connectivity index (χ0) is 14.0. The molecule has 2 aromatic rings. The molecular formula is C13H11ClFIN2O. The van der Waals surface area contributed by atoms with Gasteiger partial charge in [-0.25, -0.2) is 4.39 Å². The summed E-state index contributed by atoms with van der Waals surface area (Å²) in [5.74, 6) is -0.602. The van der Waals surface area contributed by atoms with E-state index in [4.69, 9.17) is 11.6 Å². The van der Waals surface area contributed by atoms with Crippen LogP contribution in [0.25, 0.3) is 0 Å². The maximum atomic E-state index is 13.1. The van der Waals surface area contributed by atoms with Gasteiger partial charge in [0.05, 0.1) is 11.2 Å². The van der Waals surface area contributed by atoms with Crippen molar-refractivity contribution in [2.24, 2.45) is 0 Å². The van der Waals surface area contributed by atoms with Crippen molar-refractivity contribution in [2.45, 2.75) is 19.9 Å². The molecule has 19 heavy (non-hydrogen) atoms. The number of nitrogens with zero attached hydrogens (tertiary/aromatic N) is 2. The van der Waals surface area contributed by atoms with Crippen LogP contribution in [0.3, 0.4) is 0 Å². The topological polar surface area (TPSA) is 34.9 Å². The number of aryl methyl sites for hydroxylation is 1. The number of hydrogen-bond acceptors (Lipinski definition) is 2. The van der Waals surface area contributed by atoms with Gasteiger partial charge in [-0.2, -0.15) is 5.10 Å². The second kappa shape index (κ2) is 6.00. The minimum absolute atomic E-state index is 0.236. The van der Waals surface area contributed by atoms with Crippen molar-refractivity contribution in [3.8, 4) is 0 Å². The molecule has 0 unspecified atom stereocenters. The summed E-state index contributed by atoms with van der Waals surface area (Å²) in [6.45, 7) is 2.61. The summed E-state index contributed by atoms with van der Waals surface area (Å²) >= 11 is 7.97. The van der Waals surface area contributed by atoms with Crippen LogP contribution < -0.4 is 0 Å². The van der Waals surface area contributed by atoms with Crippen molar-refractivity contribution in [1.82, 2.24) is 9.78 Å². The fourth-order valence-corrected chi connectivity index (χ4v) is 2.72. The van der Waals surface area contributed by atoms with Crippen LogP contribution in [-0.4, -0.2) is 15.6 Å². The number of benzene rings is 1. The summed E-state index contributed by atoms with van der Waals surface area (Å²) < 4.78 is 15.2. The molecule has 0 bridgehead atoms. The Balaban J connectivity index is 2.46. The Bertz CT molecular complexity index is 627. The SMILES string of the molecule is CCCn1ncc(Cl)c1C(=O)c1ccc(F)cc1I. The third-order valence-corrected chi connectivity index (χ3v) is 3.79. The summed E-state index contributed by atoms with van der Waals surface area (Å²) in [6, 6.07) is 4.06. The third-order valence-electron chi connectivity index (χ3n) is 2.62. The normalized spacial score (nSPS) is 10.7. The lowest BCUT2D eigenvalue weighted by Crippen LogP contribution is -2.13. The minimum atomic E-state index is -0.367. The van der Waals surface area contributed by atoms with E-state index in [2.05, 4.69) is 5.10 Å². The van der Waals surface area contributed by atoms with E-state index in [-0.39, 0.29) is 11.6 Å². The Hall–Kier alpha value is -0.950. The van der Waals surface area contributed by atoms with Gasteiger partial charge in [0.1, 0.15) is 11.5 Å². The number of hydrogen-bond donors (Lipinski definition) is 0. The highest BCUT2D eigenvalue weighted by atomic mass is 127. The molecule has 0 aliphatic heterocycles. The van der Waals surface area contributed by atoms with Gasteiger partial charge < -0.3 is 0 Å². The van der Waals surface area contributed by atoms with Gasteiger partial charge in [-0.1, -0.05) is 18.5 Å². The summed E-state index contributed by atoms with van der Waals surface area (Å²) in [6.07, 6.45) is 2.31. The first-order valence-electron chi connectivity index (χ1n) is 5.75. The molecule has 0 radical (unpaired) electrons. The molecule has 2 rings (SSSR count). The number of aromatic nitrogens is 2. The summed E-state index contributed by atoms with van der Waals surface area (Å²) in [7, 11) is 0. The first kappa shape index (κ1) is 14.5. The van der Waals surface area contributed by atoms with Crippen molar-refractivity contribution in [1.29, 1.82) is 0 Å². The molecule has 0 atom stereocenters. The lowest BCUT2D eigenvalue weighted by Gasteiger charge is -2.07. The van der Waals surface area contributed by atoms with E-state index in [1.165, 1.54) is 24.4 Å². The molecule has 1 aromatic heterocycles. The van der Waals surface area contributed by atoms with Crippen LogP contribution >= 0.6 is 34.2 Å². The quantitative estimate of drug-likeness (QED) is 0.584. The zero-order valence-corrected chi connectivity index (χ0v) is 13.1. The standard InChI is InChI=1S/C13H11ClFIN2O/c1-2-5-18-12(10(14)7-17-18)13(19)9-4-3-8(15)6-11(9)16/h3-4,6-7H,2,5H2,1H3. The average molecular weight is 393 g/mol. The van der Waals surface area contributed by atoms with Gasteiger partial charge in [0.2, 0.25) is 5.78 Å². The van der Waals surface area contributed by atoms with Crippen molar-refractivity contribution in [3.05, 3.63) is 50.1 Å². The molecule has 3 nitrogen and oxygen atoms in total.